The van der Waals surface area contributed by atoms with Crippen molar-refractivity contribution in [2.24, 2.45) is 7.05 Å². The summed E-state index contributed by atoms with van der Waals surface area (Å²) in [6.45, 7) is 1.64. The molecule has 0 amide bonds. The maximum absolute atomic E-state index is 12.0. The van der Waals surface area contributed by atoms with Gasteiger partial charge in [-0.1, -0.05) is 6.92 Å². The van der Waals surface area contributed by atoms with Gasteiger partial charge in [0.15, 0.2) is 0 Å². The van der Waals surface area contributed by atoms with Gasteiger partial charge in [-0.25, -0.2) is 0 Å². The first kappa shape index (κ1) is 17.5. The van der Waals surface area contributed by atoms with Crippen LogP contribution in [0.2, 0.25) is 0 Å². The summed E-state index contributed by atoms with van der Waals surface area (Å²) >= 11 is 3.41. The Kier molecular flexibility index (Phi) is 6.97. The molecule has 1 N–H and O–H groups in total. The molecule has 0 aromatic carbocycles. The lowest BCUT2D eigenvalue weighted by Gasteiger charge is -2.20. The second-order valence-corrected chi connectivity index (χ2v) is 5.32. The molecule has 0 spiro atoms. The zero-order chi connectivity index (χ0) is 15.2. The highest BCUT2D eigenvalue weighted by Crippen LogP contribution is 2.25. The van der Waals surface area contributed by atoms with Crippen LogP contribution >= 0.6 is 15.9 Å². The SMILES string of the molecule is CCCNC(CCOCC(F)(F)F)c1c(Br)cnn1C. The Morgan fingerprint density at radius 1 is 1.50 bits per heavy atom. The Morgan fingerprint density at radius 2 is 2.20 bits per heavy atom. The van der Waals surface area contributed by atoms with E-state index in [1.807, 2.05) is 6.92 Å². The number of aromatic nitrogens is 2. The van der Waals surface area contributed by atoms with Crippen molar-refractivity contribution in [3.8, 4) is 0 Å². The van der Waals surface area contributed by atoms with E-state index in [2.05, 4.69) is 31.1 Å². The number of ether oxygens (including phenoxy) is 1. The van der Waals surface area contributed by atoms with Gasteiger partial charge in [-0.2, -0.15) is 18.3 Å². The van der Waals surface area contributed by atoms with E-state index in [1.165, 1.54) is 0 Å². The van der Waals surface area contributed by atoms with Crippen LogP contribution in [-0.4, -0.2) is 35.7 Å². The molecule has 0 saturated heterocycles. The molecular weight excluding hydrogens is 339 g/mol. The fourth-order valence-electron chi connectivity index (χ4n) is 1.86. The molecule has 4 nitrogen and oxygen atoms in total. The van der Waals surface area contributed by atoms with E-state index >= 15 is 0 Å². The van der Waals surface area contributed by atoms with Crippen molar-refractivity contribution in [1.82, 2.24) is 15.1 Å². The second kappa shape index (κ2) is 7.99. The molecule has 0 saturated carbocycles. The topological polar surface area (TPSA) is 39.1 Å². The van der Waals surface area contributed by atoms with Crippen LogP contribution in [-0.2, 0) is 11.8 Å². The lowest BCUT2D eigenvalue weighted by Crippen LogP contribution is -2.26. The summed E-state index contributed by atoms with van der Waals surface area (Å²) in [5.74, 6) is 0. The molecule has 1 unspecified atom stereocenters. The Hall–Kier alpha value is -0.600. The summed E-state index contributed by atoms with van der Waals surface area (Å²) in [6, 6.07) is -0.0925. The molecule has 0 bridgehead atoms. The van der Waals surface area contributed by atoms with Gasteiger partial charge in [0.1, 0.15) is 6.61 Å². The maximum atomic E-state index is 12.0. The number of nitrogens with zero attached hydrogens (tertiary/aromatic N) is 2. The molecule has 0 radical (unpaired) electrons. The minimum Gasteiger partial charge on any atom is -0.372 e. The lowest BCUT2D eigenvalue weighted by molar-refractivity contribution is -0.174. The summed E-state index contributed by atoms with van der Waals surface area (Å²) in [4.78, 5) is 0. The Morgan fingerprint density at radius 3 is 2.70 bits per heavy atom. The third kappa shape index (κ3) is 5.80. The second-order valence-electron chi connectivity index (χ2n) is 4.46. The van der Waals surface area contributed by atoms with E-state index in [1.54, 1.807) is 17.9 Å². The number of hydrogen-bond donors (Lipinski definition) is 1. The highest BCUT2D eigenvalue weighted by molar-refractivity contribution is 9.10. The van der Waals surface area contributed by atoms with Crippen molar-refractivity contribution in [3.05, 3.63) is 16.4 Å². The molecule has 0 aliphatic rings. The molecule has 0 aliphatic heterocycles. The van der Waals surface area contributed by atoms with Crippen LogP contribution in [0, 0.1) is 0 Å². The highest BCUT2D eigenvalue weighted by Gasteiger charge is 2.27. The Balaban J connectivity index is 2.57. The van der Waals surface area contributed by atoms with Gasteiger partial charge in [-0.3, -0.25) is 4.68 Å². The van der Waals surface area contributed by atoms with Crippen LogP contribution in [0.4, 0.5) is 13.2 Å². The van der Waals surface area contributed by atoms with Gasteiger partial charge >= 0.3 is 6.18 Å². The van der Waals surface area contributed by atoms with Crippen LogP contribution in [0.15, 0.2) is 10.7 Å². The summed E-state index contributed by atoms with van der Waals surface area (Å²) in [5.41, 5.74) is 0.911. The Bertz CT molecular complexity index is 390. The first-order valence-electron chi connectivity index (χ1n) is 6.40. The lowest BCUT2D eigenvalue weighted by atomic mass is 10.1. The summed E-state index contributed by atoms with van der Waals surface area (Å²) in [7, 11) is 1.80. The summed E-state index contributed by atoms with van der Waals surface area (Å²) in [5, 5.41) is 7.42. The fourth-order valence-corrected chi connectivity index (χ4v) is 2.48. The number of hydrogen-bond acceptors (Lipinski definition) is 3. The molecule has 0 fully saturated rings. The third-order valence-corrected chi connectivity index (χ3v) is 3.34. The minimum atomic E-state index is -4.28. The van der Waals surface area contributed by atoms with Crippen molar-refractivity contribution in [2.45, 2.75) is 32.0 Å². The minimum absolute atomic E-state index is 0.0402. The smallest absolute Gasteiger partial charge is 0.372 e. The fraction of sp³-hybridized carbons (Fsp3) is 0.750. The van der Waals surface area contributed by atoms with Crippen LogP contribution in [0.3, 0.4) is 0 Å². The number of aryl methyl sites for hydroxylation is 1. The molecule has 8 heteroatoms. The number of alkyl halides is 3. The molecule has 1 atom stereocenters. The van der Waals surface area contributed by atoms with Crippen molar-refractivity contribution < 1.29 is 17.9 Å². The highest BCUT2D eigenvalue weighted by atomic mass is 79.9. The van der Waals surface area contributed by atoms with E-state index in [4.69, 9.17) is 0 Å². The van der Waals surface area contributed by atoms with Gasteiger partial charge in [0, 0.05) is 13.7 Å². The molecule has 1 heterocycles. The van der Waals surface area contributed by atoms with Gasteiger partial charge in [0.25, 0.3) is 0 Å². The van der Waals surface area contributed by atoms with E-state index in [-0.39, 0.29) is 12.6 Å². The quantitative estimate of drug-likeness (QED) is 0.726. The van der Waals surface area contributed by atoms with Gasteiger partial charge < -0.3 is 10.1 Å². The van der Waals surface area contributed by atoms with Crippen LogP contribution in [0.1, 0.15) is 31.5 Å². The van der Waals surface area contributed by atoms with Crippen molar-refractivity contribution in [3.63, 3.8) is 0 Å². The molecule has 1 rings (SSSR count). The number of rotatable bonds is 8. The van der Waals surface area contributed by atoms with Crippen LogP contribution in [0.25, 0.3) is 0 Å². The predicted molar refractivity (Wildman–Crippen MR) is 73.4 cm³/mol. The molecule has 20 heavy (non-hydrogen) atoms. The van der Waals surface area contributed by atoms with Crippen molar-refractivity contribution in [1.29, 1.82) is 0 Å². The molecule has 1 aromatic rings. The largest absolute Gasteiger partial charge is 0.411 e. The van der Waals surface area contributed by atoms with E-state index in [9.17, 15) is 13.2 Å². The van der Waals surface area contributed by atoms with E-state index in [0.717, 1.165) is 23.1 Å². The zero-order valence-corrected chi connectivity index (χ0v) is 13.1. The first-order chi connectivity index (χ1) is 9.35. The predicted octanol–water partition coefficient (Wildman–Crippen LogP) is 3.19. The van der Waals surface area contributed by atoms with E-state index in [0.29, 0.717) is 6.42 Å². The average molecular weight is 358 g/mol. The van der Waals surface area contributed by atoms with Gasteiger partial charge in [-0.05, 0) is 35.3 Å². The first-order valence-corrected chi connectivity index (χ1v) is 7.19. The van der Waals surface area contributed by atoms with Gasteiger partial charge in [0.05, 0.1) is 22.4 Å². The van der Waals surface area contributed by atoms with Gasteiger partial charge in [0.2, 0.25) is 0 Å². The monoisotopic (exact) mass is 357 g/mol. The number of halogens is 4. The maximum Gasteiger partial charge on any atom is 0.411 e. The number of nitrogens with one attached hydrogen (secondary N) is 1. The van der Waals surface area contributed by atoms with E-state index < -0.39 is 12.8 Å². The van der Waals surface area contributed by atoms with Crippen LogP contribution in [0.5, 0.6) is 0 Å². The standard InChI is InChI=1S/C12H19BrF3N3O/c1-3-5-17-10(4-6-20-8-12(14,15)16)11-9(13)7-18-19(11)2/h7,10,17H,3-6,8H2,1-2H3. The average Bonchev–Trinajstić information content (AvgIpc) is 2.68. The third-order valence-electron chi connectivity index (χ3n) is 2.73. The molecule has 1 aromatic heterocycles. The molecule has 0 aliphatic carbocycles. The molecule has 116 valence electrons. The zero-order valence-electron chi connectivity index (χ0n) is 11.5. The molecular formula is C12H19BrF3N3O. The Labute approximate surface area is 124 Å². The van der Waals surface area contributed by atoms with Crippen molar-refractivity contribution in [2.75, 3.05) is 19.8 Å². The summed E-state index contributed by atoms with van der Waals surface area (Å²) < 4.78 is 43.3. The van der Waals surface area contributed by atoms with Gasteiger partial charge in [-0.15, -0.1) is 0 Å². The normalized spacial score (nSPS) is 13.7. The summed E-state index contributed by atoms with van der Waals surface area (Å²) in [6.07, 6.45) is -1.21. The van der Waals surface area contributed by atoms with Crippen molar-refractivity contribution >= 4 is 15.9 Å². The van der Waals surface area contributed by atoms with Crippen LogP contribution < -0.4 is 5.32 Å².